The molecule has 15 heavy (non-hydrogen) atoms. The third-order valence-corrected chi connectivity index (χ3v) is 2.55. The number of aromatic nitrogens is 2. The lowest BCUT2D eigenvalue weighted by Gasteiger charge is -2.27. The quantitative estimate of drug-likeness (QED) is 0.704. The molecule has 0 radical (unpaired) electrons. The van der Waals surface area contributed by atoms with Crippen molar-refractivity contribution in [3.8, 4) is 0 Å². The predicted octanol–water partition coefficient (Wildman–Crippen LogP) is -0.468. The molecule has 0 aromatic carbocycles. The molecule has 0 amide bonds. The van der Waals surface area contributed by atoms with Gasteiger partial charge in [0.2, 0.25) is 5.89 Å². The molecule has 84 valence electrons. The first-order valence-corrected chi connectivity index (χ1v) is 5.25. The maximum absolute atomic E-state index is 9.35. The number of anilines is 1. The fourth-order valence-corrected chi connectivity index (χ4v) is 1.65. The van der Waals surface area contributed by atoms with Crippen molar-refractivity contribution >= 4 is 6.01 Å². The molecule has 6 nitrogen and oxygen atoms in total. The Morgan fingerprint density at radius 3 is 2.80 bits per heavy atom. The number of piperidine rings is 1. The normalized spacial score (nSPS) is 18.4. The number of hydrogen-bond donors (Lipinski definition) is 2. The molecule has 2 rings (SSSR count). The third kappa shape index (κ3) is 2.45. The first kappa shape index (κ1) is 10.4. The first-order valence-electron chi connectivity index (χ1n) is 5.25. The number of aliphatic hydroxyl groups excluding tert-OH is 1. The Morgan fingerprint density at radius 1 is 1.40 bits per heavy atom. The van der Waals surface area contributed by atoms with Crippen LogP contribution < -0.4 is 10.6 Å². The smallest absolute Gasteiger partial charge is 0.318 e. The first-order chi connectivity index (χ1) is 7.29. The van der Waals surface area contributed by atoms with E-state index in [0.717, 1.165) is 25.9 Å². The van der Waals surface area contributed by atoms with E-state index in [1.807, 2.05) is 4.90 Å². The minimum Gasteiger partial charge on any atom is -0.408 e. The van der Waals surface area contributed by atoms with Crippen molar-refractivity contribution in [2.75, 3.05) is 24.5 Å². The molecular weight excluding hydrogens is 196 g/mol. The summed E-state index contributed by atoms with van der Waals surface area (Å²) in [5.74, 6) is 0.582. The van der Waals surface area contributed by atoms with Crippen LogP contribution >= 0.6 is 0 Å². The summed E-state index contributed by atoms with van der Waals surface area (Å²) in [4.78, 5) is 2.00. The molecule has 3 N–H and O–H groups in total. The molecule has 1 aromatic heterocycles. The number of hydrogen-bond acceptors (Lipinski definition) is 6. The zero-order valence-corrected chi connectivity index (χ0v) is 8.59. The zero-order chi connectivity index (χ0) is 10.7. The summed E-state index contributed by atoms with van der Waals surface area (Å²) in [6, 6.07) is 0.547. The lowest BCUT2D eigenvalue weighted by molar-refractivity contribution is 0.144. The molecule has 0 saturated carbocycles. The van der Waals surface area contributed by atoms with Gasteiger partial charge in [-0.3, -0.25) is 0 Å². The van der Waals surface area contributed by atoms with Gasteiger partial charge in [0.1, 0.15) is 0 Å². The minimum atomic E-state index is -0.187. The summed E-state index contributed by atoms with van der Waals surface area (Å²) < 4.78 is 5.44. The van der Waals surface area contributed by atoms with E-state index in [1.54, 1.807) is 0 Å². The van der Waals surface area contributed by atoms with Crippen molar-refractivity contribution in [2.45, 2.75) is 25.4 Å². The van der Waals surface area contributed by atoms with Gasteiger partial charge < -0.3 is 20.2 Å². The Bertz CT molecular complexity index is 307. The molecule has 1 aromatic rings. The Morgan fingerprint density at radius 2 is 2.13 bits per heavy atom. The molecular formula is C9H16N4O2. The molecule has 2 heterocycles. The van der Waals surface area contributed by atoms with E-state index in [0.29, 0.717) is 24.9 Å². The van der Waals surface area contributed by atoms with E-state index in [4.69, 9.17) is 10.2 Å². The van der Waals surface area contributed by atoms with Crippen molar-refractivity contribution in [1.29, 1.82) is 0 Å². The lowest BCUT2D eigenvalue weighted by atomic mass is 10.1. The third-order valence-electron chi connectivity index (χ3n) is 2.55. The average Bonchev–Trinajstić information content (AvgIpc) is 2.68. The Labute approximate surface area is 88.1 Å². The standard InChI is InChI=1S/C9H16N4O2/c10-4-1-8-11-12-9(15-8)13-5-2-7(14)3-6-13/h7,14H,1-6,10H2. The fourth-order valence-electron chi connectivity index (χ4n) is 1.65. The Balaban J connectivity index is 1.96. The summed E-state index contributed by atoms with van der Waals surface area (Å²) in [6.45, 7) is 2.05. The summed E-state index contributed by atoms with van der Waals surface area (Å²) in [6.07, 6.45) is 1.94. The Hall–Kier alpha value is -1.14. The molecule has 0 spiro atoms. The van der Waals surface area contributed by atoms with Crippen molar-refractivity contribution < 1.29 is 9.52 Å². The minimum absolute atomic E-state index is 0.187. The molecule has 0 atom stereocenters. The fraction of sp³-hybridized carbons (Fsp3) is 0.778. The van der Waals surface area contributed by atoms with Gasteiger partial charge in [-0.15, -0.1) is 5.10 Å². The number of aliphatic hydroxyl groups is 1. The molecule has 1 fully saturated rings. The van der Waals surface area contributed by atoms with E-state index < -0.39 is 0 Å². The highest BCUT2D eigenvalue weighted by atomic mass is 16.4. The van der Waals surface area contributed by atoms with Gasteiger partial charge in [-0.05, 0) is 12.8 Å². The summed E-state index contributed by atoms with van der Waals surface area (Å²) in [5.41, 5.74) is 5.39. The monoisotopic (exact) mass is 212 g/mol. The van der Waals surface area contributed by atoms with Crippen LogP contribution in [-0.2, 0) is 6.42 Å². The molecule has 1 aliphatic heterocycles. The van der Waals surface area contributed by atoms with Gasteiger partial charge in [0.15, 0.2) is 0 Å². The van der Waals surface area contributed by atoms with Gasteiger partial charge in [0, 0.05) is 26.1 Å². The molecule has 1 aliphatic rings. The Kier molecular flexibility index (Phi) is 3.17. The molecule has 0 unspecified atom stereocenters. The van der Waals surface area contributed by atoms with Crippen LogP contribution in [0.4, 0.5) is 6.01 Å². The van der Waals surface area contributed by atoms with Crippen LogP contribution in [0, 0.1) is 0 Å². The number of nitrogens with zero attached hydrogens (tertiary/aromatic N) is 3. The van der Waals surface area contributed by atoms with Crippen LogP contribution in [0.2, 0.25) is 0 Å². The van der Waals surface area contributed by atoms with Gasteiger partial charge in [-0.25, -0.2) is 0 Å². The van der Waals surface area contributed by atoms with Gasteiger partial charge in [-0.2, -0.15) is 0 Å². The molecule has 6 heteroatoms. The van der Waals surface area contributed by atoms with Gasteiger partial charge in [0.25, 0.3) is 0 Å². The second-order valence-electron chi connectivity index (χ2n) is 3.74. The second kappa shape index (κ2) is 4.59. The van der Waals surface area contributed by atoms with E-state index in [-0.39, 0.29) is 6.10 Å². The van der Waals surface area contributed by atoms with Crippen molar-refractivity contribution in [3.05, 3.63) is 5.89 Å². The zero-order valence-electron chi connectivity index (χ0n) is 8.59. The van der Waals surface area contributed by atoms with E-state index in [9.17, 15) is 5.11 Å². The van der Waals surface area contributed by atoms with Crippen LogP contribution in [0.15, 0.2) is 4.42 Å². The molecule has 1 saturated heterocycles. The maximum atomic E-state index is 9.35. The highest BCUT2D eigenvalue weighted by molar-refractivity contribution is 5.24. The molecule has 0 aliphatic carbocycles. The molecule has 0 bridgehead atoms. The maximum Gasteiger partial charge on any atom is 0.318 e. The van der Waals surface area contributed by atoms with Crippen molar-refractivity contribution in [3.63, 3.8) is 0 Å². The summed E-state index contributed by atoms with van der Waals surface area (Å²) in [5, 5.41) is 17.2. The number of rotatable bonds is 3. The van der Waals surface area contributed by atoms with Crippen LogP contribution in [-0.4, -0.2) is 41.0 Å². The lowest BCUT2D eigenvalue weighted by Crippen LogP contribution is -2.35. The number of nitrogens with two attached hydrogens (primary N) is 1. The van der Waals surface area contributed by atoms with E-state index in [2.05, 4.69) is 10.2 Å². The summed E-state index contributed by atoms with van der Waals surface area (Å²) >= 11 is 0. The van der Waals surface area contributed by atoms with E-state index >= 15 is 0 Å². The highest BCUT2D eigenvalue weighted by Gasteiger charge is 2.21. The van der Waals surface area contributed by atoms with Crippen LogP contribution in [0.5, 0.6) is 0 Å². The van der Waals surface area contributed by atoms with Gasteiger partial charge in [-0.1, -0.05) is 5.10 Å². The SMILES string of the molecule is NCCc1nnc(N2CCC(O)CC2)o1. The van der Waals surface area contributed by atoms with E-state index in [1.165, 1.54) is 0 Å². The second-order valence-corrected chi connectivity index (χ2v) is 3.74. The average molecular weight is 212 g/mol. The van der Waals surface area contributed by atoms with Crippen molar-refractivity contribution in [2.24, 2.45) is 5.73 Å². The van der Waals surface area contributed by atoms with Crippen LogP contribution in [0.3, 0.4) is 0 Å². The summed E-state index contributed by atoms with van der Waals surface area (Å²) in [7, 11) is 0. The van der Waals surface area contributed by atoms with Gasteiger partial charge >= 0.3 is 6.01 Å². The van der Waals surface area contributed by atoms with Crippen LogP contribution in [0.25, 0.3) is 0 Å². The topological polar surface area (TPSA) is 88.4 Å². The largest absolute Gasteiger partial charge is 0.408 e. The van der Waals surface area contributed by atoms with Gasteiger partial charge in [0.05, 0.1) is 6.10 Å². The highest BCUT2D eigenvalue weighted by Crippen LogP contribution is 2.18. The predicted molar refractivity (Wildman–Crippen MR) is 54.5 cm³/mol. The van der Waals surface area contributed by atoms with Crippen molar-refractivity contribution in [1.82, 2.24) is 10.2 Å². The van der Waals surface area contributed by atoms with Crippen LogP contribution in [0.1, 0.15) is 18.7 Å².